The zero-order valence-electron chi connectivity index (χ0n) is 12.3. The Kier molecular flexibility index (Phi) is 4.62. The second-order valence-corrected chi connectivity index (χ2v) is 7.79. The highest BCUT2D eigenvalue weighted by molar-refractivity contribution is 7.99. The van der Waals surface area contributed by atoms with Crippen LogP contribution in [0.1, 0.15) is 32.1 Å². The number of urea groups is 1. The molecule has 118 valence electrons. The quantitative estimate of drug-likeness (QED) is 0.833. The molecule has 2 aliphatic carbocycles. The molecule has 1 heterocycles. The molecule has 0 aromatic carbocycles. The molecule has 0 aromatic heterocycles. The van der Waals surface area contributed by atoms with Gasteiger partial charge in [-0.25, -0.2) is 4.79 Å². The molecule has 2 bridgehead atoms. The van der Waals surface area contributed by atoms with Crippen molar-refractivity contribution in [1.82, 2.24) is 10.2 Å². The lowest BCUT2D eigenvalue weighted by molar-refractivity contribution is -0.138. The Labute approximate surface area is 129 Å². The van der Waals surface area contributed by atoms with Crippen LogP contribution in [-0.2, 0) is 4.79 Å². The highest BCUT2D eigenvalue weighted by atomic mass is 32.2. The molecule has 2 N–H and O–H groups in total. The van der Waals surface area contributed by atoms with Crippen molar-refractivity contribution in [3.8, 4) is 0 Å². The van der Waals surface area contributed by atoms with E-state index in [0.29, 0.717) is 12.5 Å². The first-order chi connectivity index (χ1) is 10.1. The fourth-order valence-electron chi connectivity index (χ4n) is 4.24. The molecule has 1 saturated heterocycles. The van der Waals surface area contributed by atoms with Crippen LogP contribution in [0.3, 0.4) is 0 Å². The van der Waals surface area contributed by atoms with Crippen molar-refractivity contribution in [1.29, 1.82) is 0 Å². The molecule has 4 unspecified atom stereocenters. The minimum atomic E-state index is -0.826. The Morgan fingerprint density at radius 3 is 2.81 bits per heavy atom. The van der Waals surface area contributed by atoms with Gasteiger partial charge in [-0.15, -0.1) is 0 Å². The largest absolute Gasteiger partial charge is 0.481 e. The minimum Gasteiger partial charge on any atom is -0.481 e. The minimum absolute atomic E-state index is 0.0501. The van der Waals surface area contributed by atoms with E-state index < -0.39 is 5.97 Å². The van der Waals surface area contributed by atoms with Crippen LogP contribution in [-0.4, -0.2) is 52.6 Å². The normalized spacial score (nSPS) is 35.0. The number of thioether (sulfide) groups is 1. The van der Waals surface area contributed by atoms with Gasteiger partial charge in [0.25, 0.3) is 0 Å². The lowest BCUT2D eigenvalue weighted by Gasteiger charge is -2.35. The van der Waals surface area contributed by atoms with Gasteiger partial charge in [0.2, 0.25) is 0 Å². The fraction of sp³-hybridized carbons (Fsp3) is 0.867. The number of hydrogen-bond acceptors (Lipinski definition) is 3. The van der Waals surface area contributed by atoms with Gasteiger partial charge in [-0.1, -0.05) is 6.42 Å². The molecule has 4 atom stereocenters. The third kappa shape index (κ3) is 3.47. The van der Waals surface area contributed by atoms with Crippen molar-refractivity contribution in [3.63, 3.8) is 0 Å². The predicted octanol–water partition coefficient (Wildman–Crippen LogP) is 2.02. The summed E-state index contributed by atoms with van der Waals surface area (Å²) in [7, 11) is 0. The summed E-state index contributed by atoms with van der Waals surface area (Å²) in [5.74, 6) is 3.15. The zero-order valence-corrected chi connectivity index (χ0v) is 13.1. The summed E-state index contributed by atoms with van der Waals surface area (Å²) in [6, 6.07) is -0.231. The summed E-state index contributed by atoms with van der Waals surface area (Å²) in [5, 5.41) is 12.0. The van der Waals surface area contributed by atoms with Gasteiger partial charge in [0.1, 0.15) is 0 Å². The number of carbonyl (C=O) groups is 2. The van der Waals surface area contributed by atoms with Gasteiger partial charge in [-0.05, 0) is 37.0 Å². The average molecular weight is 312 g/mol. The van der Waals surface area contributed by atoms with E-state index in [0.717, 1.165) is 29.9 Å². The highest BCUT2D eigenvalue weighted by Crippen LogP contribution is 2.47. The summed E-state index contributed by atoms with van der Waals surface area (Å²) in [4.78, 5) is 25.0. The summed E-state index contributed by atoms with van der Waals surface area (Å²) in [6.07, 6.45) is 5.36. The first kappa shape index (κ1) is 15.0. The van der Waals surface area contributed by atoms with Gasteiger partial charge in [0, 0.05) is 24.6 Å². The number of nitrogens with zero attached hydrogens (tertiary/aromatic N) is 1. The van der Waals surface area contributed by atoms with E-state index in [9.17, 15) is 9.59 Å². The van der Waals surface area contributed by atoms with Gasteiger partial charge in [0.05, 0.1) is 12.5 Å². The fourth-order valence-corrected chi connectivity index (χ4v) is 5.30. The monoisotopic (exact) mass is 312 g/mol. The van der Waals surface area contributed by atoms with E-state index in [1.54, 1.807) is 16.7 Å². The molecular weight excluding hydrogens is 288 g/mol. The van der Waals surface area contributed by atoms with E-state index in [1.807, 2.05) is 0 Å². The molecule has 3 rings (SSSR count). The van der Waals surface area contributed by atoms with Crippen LogP contribution < -0.4 is 5.32 Å². The number of carboxylic acids is 1. The van der Waals surface area contributed by atoms with Crippen LogP contribution in [0.25, 0.3) is 0 Å². The van der Waals surface area contributed by atoms with Crippen molar-refractivity contribution >= 4 is 23.8 Å². The number of fused-ring (bicyclic) bond motifs is 2. The second-order valence-electron chi connectivity index (χ2n) is 6.64. The molecule has 0 radical (unpaired) electrons. The summed E-state index contributed by atoms with van der Waals surface area (Å²) >= 11 is 1.73. The molecule has 5 nitrogen and oxygen atoms in total. The maximum Gasteiger partial charge on any atom is 0.317 e. The van der Waals surface area contributed by atoms with Crippen molar-refractivity contribution in [2.45, 2.75) is 38.1 Å². The Morgan fingerprint density at radius 1 is 1.29 bits per heavy atom. The Balaban J connectivity index is 1.50. The molecular formula is C15H24N2O3S. The number of amides is 2. The first-order valence-corrected chi connectivity index (χ1v) is 9.13. The van der Waals surface area contributed by atoms with Gasteiger partial charge in [-0.3, -0.25) is 4.79 Å². The van der Waals surface area contributed by atoms with Crippen LogP contribution in [0.5, 0.6) is 0 Å². The lowest BCUT2D eigenvalue weighted by Crippen LogP contribution is -2.52. The van der Waals surface area contributed by atoms with Crippen LogP contribution in [0.15, 0.2) is 0 Å². The molecule has 6 heteroatoms. The van der Waals surface area contributed by atoms with Crippen molar-refractivity contribution in [3.05, 3.63) is 0 Å². The molecule has 2 amide bonds. The molecule has 2 saturated carbocycles. The van der Waals surface area contributed by atoms with E-state index in [1.165, 1.54) is 25.7 Å². The maximum atomic E-state index is 12.4. The van der Waals surface area contributed by atoms with E-state index in [-0.39, 0.29) is 18.5 Å². The summed E-state index contributed by atoms with van der Waals surface area (Å²) in [5.41, 5.74) is 0. The topological polar surface area (TPSA) is 69.6 Å². The van der Waals surface area contributed by atoms with E-state index in [2.05, 4.69) is 5.32 Å². The number of nitrogens with one attached hydrogen (secondary N) is 1. The average Bonchev–Trinajstić information content (AvgIpc) is 3.07. The van der Waals surface area contributed by atoms with Crippen LogP contribution >= 0.6 is 11.8 Å². The molecule has 1 aliphatic heterocycles. The number of carboxylic acid groups (broad SMARTS) is 1. The smallest absolute Gasteiger partial charge is 0.317 e. The Hall–Kier alpha value is -0.910. The van der Waals surface area contributed by atoms with E-state index >= 15 is 0 Å². The van der Waals surface area contributed by atoms with Crippen molar-refractivity contribution in [2.75, 3.05) is 24.6 Å². The summed E-state index contributed by atoms with van der Waals surface area (Å²) < 4.78 is 0. The van der Waals surface area contributed by atoms with Crippen molar-refractivity contribution < 1.29 is 14.7 Å². The zero-order chi connectivity index (χ0) is 14.8. The molecule has 0 aromatic rings. The maximum absolute atomic E-state index is 12.4. The molecule has 3 fully saturated rings. The second kappa shape index (κ2) is 6.46. The van der Waals surface area contributed by atoms with Gasteiger partial charge in [-0.2, -0.15) is 11.8 Å². The molecule has 0 spiro atoms. The van der Waals surface area contributed by atoms with Crippen LogP contribution in [0.4, 0.5) is 4.79 Å². The standard InChI is InChI=1S/C15H24N2O3S/c18-14(19)7-13-9-21-4-3-17(13)15(20)16-8-12-6-10-1-2-11(12)5-10/h10-13H,1-9H2,(H,16,20)(H,18,19). The third-order valence-corrected chi connectivity index (χ3v) is 6.39. The van der Waals surface area contributed by atoms with Crippen LogP contribution in [0.2, 0.25) is 0 Å². The molecule has 3 aliphatic rings. The third-order valence-electron chi connectivity index (χ3n) is 5.30. The SMILES string of the molecule is O=C(O)CC1CSCCN1C(=O)NCC1CC2CCC1C2. The molecule has 21 heavy (non-hydrogen) atoms. The van der Waals surface area contributed by atoms with Gasteiger partial charge in [0.15, 0.2) is 0 Å². The van der Waals surface area contributed by atoms with Crippen molar-refractivity contribution in [2.24, 2.45) is 17.8 Å². The highest BCUT2D eigenvalue weighted by Gasteiger charge is 2.39. The Bertz CT molecular complexity index is 418. The van der Waals surface area contributed by atoms with Gasteiger partial charge >= 0.3 is 12.0 Å². The first-order valence-electron chi connectivity index (χ1n) is 7.97. The Morgan fingerprint density at radius 2 is 2.14 bits per heavy atom. The van der Waals surface area contributed by atoms with Gasteiger partial charge < -0.3 is 15.3 Å². The number of rotatable bonds is 4. The number of carbonyl (C=O) groups excluding carboxylic acids is 1. The lowest BCUT2D eigenvalue weighted by atomic mass is 9.89. The summed E-state index contributed by atoms with van der Waals surface area (Å²) in [6.45, 7) is 1.43. The van der Waals surface area contributed by atoms with E-state index in [4.69, 9.17) is 5.11 Å². The van der Waals surface area contributed by atoms with Crippen LogP contribution in [0, 0.1) is 17.8 Å². The number of aliphatic carboxylic acids is 1. The number of hydrogen-bond donors (Lipinski definition) is 2. The predicted molar refractivity (Wildman–Crippen MR) is 82.4 cm³/mol.